The van der Waals surface area contributed by atoms with Crippen LogP contribution in [0.15, 0.2) is 24.3 Å². The number of benzene rings is 1. The Hall–Kier alpha value is -1.80. The van der Waals surface area contributed by atoms with Gasteiger partial charge in [0.1, 0.15) is 5.75 Å². The van der Waals surface area contributed by atoms with Crippen LogP contribution >= 0.6 is 0 Å². The van der Waals surface area contributed by atoms with Crippen molar-refractivity contribution in [3.05, 3.63) is 29.8 Å². The number of hydrogen-bond acceptors (Lipinski definition) is 4. The maximum absolute atomic E-state index is 12.1. The number of rotatable bonds is 3. The van der Waals surface area contributed by atoms with E-state index >= 15 is 0 Å². The lowest BCUT2D eigenvalue weighted by Crippen LogP contribution is -2.41. The van der Waals surface area contributed by atoms with E-state index in [4.69, 9.17) is 4.74 Å². The smallest absolute Gasteiger partial charge is 0.406 e. The molecule has 2 bridgehead atoms. The zero-order valence-electron chi connectivity index (χ0n) is 12.3. The van der Waals surface area contributed by atoms with Crippen molar-refractivity contribution in [1.82, 2.24) is 10.2 Å². The first-order valence-corrected chi connectivity index (χ1v) is 7.34. The zero-order chi connectivity index (χ0) is 16.4. The van der Waals surface area contributed by atoms with Gasteiger partial charge in [-0.05, 0) is 17.7 Å². The molecule has 2 aliphatic heterocycles. The summed E-state index contributed by atoms with van der Waals surface area (Å²) >= 11 is 0. The van der Waals surface area contributed by atoms with Gasteiger partial charge in [-0.2, -0.15) is 0 Å². The van der Waals surface area contributed by atoms with Gasteiger partial charge < -0.3 is 14.8 Å². The second kappa shape index (κ2) is 6.37. The molecular weight excluding hydrogens is 313 g/mol. The highest BCUT2D eigenvalue weighted by Gasteiger charge is 2.33. The quantitative estimate of drug-likeness (QED) is 0.913. The van der Waals surface area contributed by atoms with Crippen molar-refractivity contribution >= 4 is 5.91 Å². The molecule has 0 aliphatic carbocycles. The Labute approximate surface area is 131 Å². The highest BCUT2D eigenvalue weighted by Crippen LogP contribution is 2.23. The van der Waals surface area contributed by atoms with Crippen molar-refractivity contribution in [3.63, 3.8) is 0 Å². The number of nitrogens with one attached hydrogen (secondary N) is 1. The number of halogens is 3. The molecule has 2 saturated heterocycles. The molecule has 1 amide bonds. The zero-order valence-corrected chi connectivity index (χ0v) is 12.3. The van der Waals surface area contributed by atoms with E-state index < -0.39 is 6.36 Å². The predicted octanol–water partition coefficient (Wildman–Crippen LogP) is 1.53. The third-order valence-corrected chi connectivity index (χ3v) is 3.88. The van der Waals surface area contributed by atoms with E-state index in [9.17, 15) is 18.0 Å². The van der Waals surface area contributed by atoms with Gasteiger partial charge >= 0.3 is 6.36 Å². The molecule has 5 nitrogen and oxygen atoms in total. The summed E-state index contributed by atoms with van der Waals surface area (Å²) in [6, 6.07) is 5.76. The minimum Gasteiger partial charge on any atom is -0.406 e. The van der Waals surface area contributed by atoms with Crippen LogP contribution in [0.25, 0.3) is 0 Å². The number of nitrogens with zero attached hydrogens (tertiary/aromatic N) is 1. The molecule has 0 spiro atoms. The van der Waals surface area contributed by atoms with E-state index in [0.29, 0.717) is 32.8 Å². The van der Waals surface area contributed by atoms with Gasteiger partial charge in [0.25, 0.3) is 0 Å². The number of amides is 1. The molecule has 0 unspecified atom stereocenters. The molecule has 2 aliphatic rings. The molecule has 126 valence electrons. The van der Waals surface area contributed by atoms with Crippen molar-refractivity contribution in [3.8, 4) is 5.75 Å². The molecular formula is C15H17F3N2O3. The van der Waals surface area contributed by atoms with Crippen molar-refractivity contribution in [1.29, 1.82) is 0 Å². The lowest BCUT2D eigenvalue weighted by Gasteiger charge is -2.27. The van der Waals surface area contributed by atoms with Gasteiger partial charge in [-0.25, -0.2) is 0 Å². The highest BCUT2D eigenvalue weighted by atomic mass is 19.4. The highest BCUT2D eigenvalue weighted by molar-refractivity contribution is 5.79. The normalized spacial score (nSPS) is 25.6. The number of carbonyl (C=O) groups is 1. The SMILES string of the molecule is O=C1N[C@@H]2COC[C@H]1CN(Cc1ccc(OC(F)(F)F)cc1)C2. The lowest BCUT2D eigenvalue weighted by atomic mass is 10.1. The van der Waals surface area contributed by atoms with Crippen LogP contribution in [0.2, 0.25) is 0 Å². The maximum Gasteiger partial charge on any atom is 0.573 e. The summed E-state index contributed by atoms with van der Waals surface area (Å²) < 4.78 is 45.8. The fourth-order valence-electron chi connectivity index (χ4n) is 2.90. The lowest BCUT2D eigenvalue weighted by molar-refractivity contribution is -0.274. The van der Waals surface area contributed by atoms with E-state index in [0.717, 1.165) is 5.56 Å². The summed E-state index contributed by atoms with van der Waals surface area (Å²) in [6.07, 6.45) is -4.68. The summed E-state index contributed by atoms with van der Waals surface area (Å²) in [6.45, 7) is 2.68. The molecule has 1 aromatic rings. The number of ether oxygens (including phenoxy) is 2. The second-order valence-corrected chi connectivity index (χ2v) is 5.83. The van der Waals surface area contributed by atoms with Gasteiger partial charge in [-0.1, -0.05) is 12.1 Å². The van der Waals surface area contributed by atoms with Gasteiger partial charge in [-0.3, -0.25) is 9.69 Å². The summed E-state index contributed by atoms with van der Waals surface area (Å²) in [5.41, 5.74) is 0.868. The van der Waals surface area contributed by atoms with Crippen LogP contribution in [0.5, 0.6) is 5.75 Å². The number of hydrogen-bond donors (Lipinski definition) is 1. The maximum atomic E-state index is 12.1. The van der Waals surface area contributed by atoms with E-state index in [2.05, 4.69) is 15.0 Å². The van der Waals surface area contributed by atoms with Crippen LogP contribution in [-0.4, -0.2) is 49.5 Å². The van der Waals surface area contributed by atoms with Gasteiger partial charge in [0, 0.05) is 19.6 Å². The van der Waals surface area contributed by atoms with Crippen LogP contribution in [0.3, 0.4) is 0 Å². The minimum absolute atomic E-state index is 0.00363. The Kier molecular flexibility index (Phi) is 4.45. The van der Waals surface area contributed by atoms with Crippen LogP contribution in [0.1, 0.15) is 5.56 Å². The van der Waals surface area contributed by atoms with E-state index in [1.807, 2.05) is 0 Å². The van der Waals surface area contributed by atoms with Crippen LogP contribution in [-0.2, 0) is 16.1 Å². The van der Waals surface area contributed by atoms with Crippen LogP contribution in [0.4, 0.5) is 13.2 Å². The van der Waals surface area contributed by atoms with Gasteiger partial charge in [0.05, 0.1) is 25.2 Å². The summed E-state index contributed by atoms with van der Waals surface area (Å²) in [7, 11) is 0. The monoisotopic (exact) mass is 330 g/mol. The third-order valence-electron chi connectivity index (χ3n) is 3.88. The number of carbonyl (C=O) groups excluding carboxylic acids is 1. The fraction of sp³-hybridized carbons (Fsp3) is 0.533. The van der Waals surface area contributed by atoms with Crippen molar-refractivity contribution in [2.45, 2.75) is 18.9 Å². The molecule has 3 rings (SSSR count). The predicted molar refractivity (Wildman–Crippen MR) is 74.6 cm³/mol. The summed E-state index contributed by atoms with van der Waals surface area (Å²) in [4.78, 5) is 14.1. The fourth-order valence-corrected chi connectivity index (χ4v) is 2.90. The topological polar surface area (TPSA) is 50.8 Å². The molecule has 2 fully saturated rings. The molecule has 0 saturated carbocycles. The first-order valence-electron chi connectivity index (χ1n) is 7.34. The third kappa shape index (κ3) is 4.35. The van der Waals surface area contributed by atoms with E-state index in [-0.39, 0.29) is 23.6 Å². The van der Waals surface area contributed by atoms with E-state index in [1.165, 1.54) is 12.1 Å². The average molecular weight is 330 g/mol. The number of fused-ring (bicyclic) bond motifs is 3. The molecule has 2 heterocycles. The summed E-state index contributed by atoms with van der Waals surface area (Å²) in [5.74, 6) is -0.446. The molecule has 23 heavy (non-hydrogen) atoms. The molecule has 1 aromatic carbocycles. The Bertz CT molecular complexity index is 562. The summed E-state index contributed by atoms with van der Waals surface area (Å²) in [5, 5.41) is 2.94. The molecule has 0 aromatic heterocycles. The van der Waals surface area contributed by atoms with Crippen LogP contribution in [0, 0.1) is 5.92 Å². The van der Waals surface area contributed by atoms with Crippen LogP contribution < -0.4 is 10.1 Å². The Morgan fingerprint density at radius 3 is 2.65 bits per heavy atom. The molecule has 1 N–H and O–H groups in total. The Morgan fingerprint density at radius 2 is 1.96 bits per heavy atom. The Balaban J connectivity index is 1.64. The van der Waals surface area contributed by atoms with Gasteiger partial charge in [-0.15, -0.1) is 13.2 Å². The Morgan fingerprint density at radius 1 is 1.22 bits per heavy atom. The number of alkyl halides is 3. The van der Waals surface area contributed by atoms with E-state index in [1.54, 1.807) is 12.1 Å². The minimum atomic E-state index is -4.68. The second-order valence-electron chi connectivity index (χ2n) is 5.83. The van der Waals surface area contributed by atoms with Gasteiger partial charge in [0.15, 0.2) is 0 Å². The van der Waals surface area contributed by atoms with Gasteiger partial charge in [0.2, 0.25) is 5.91 Å². The first kappa shape index (κ1) is 16.1. The largest absolute Gasteiger partial charge is 0.573 e. The standard InChI is InChI=1S/C15H17F3N2O3/c16-15(17,18)23-13-3-1-10(2-4-13)5-20-6-11-8-22-9-12(7-20)19-14(11)21/h1-4,11-12H,5-9H2,(H,19,21)/t11-,12+/m1/s1. The molecule has 0 radical (unpaired) electrons. The van der Waals surface area contributed by atoms with Crippen molar-refractivity contribution in [2.24, 2.45) is 5.92 Å². The first-order chi connectivity index (χ1) is 10.9. The van der Waals surface area contributed by atoms with Crippen molar-refractivity contribution in [2.75, 3.05) is 26.3 Å². The average Bonchev–Trinajstić information content (AvgIpc) is 2.68. The van der Waals surface area contributed by atoms with Crippen molar-refractivity contribution < 1.29 is 27.4 Å². The molecule has 2 atom stereocenters. The molecule has 8 heteroatoms.